The Bertz CT molecular complexity index is 657. The van der Waals surface area contributed by atoms with Crippen LogP contribution in [0.25, 0.3) is 0 Å². The first-order valence-electron chi connectivity index (χ1n) is 9.59. The van der Waals surface area contributed by atoms with Crippen LogP contribution in [0.1, 0.15) is 44.6 Å². The number of benzene rings is 1. The van der Waals surface area contributed by atoms with Gasteiger partial charge in [-0.05, 0) is 56.7 Å². The van der Waals surface area contributed by atoms with Crippen molar-refractivity contribution in [3.63, 3.8) is 0 Å². The first-order valence-corrected chi connectivity index (χ1v) is 9.59. The van der Waals surface area contributed by atoms with E-state index in [4.69, 9.17) is 0 Å². The molecule has 2 saturated carbocycles. The first-order chi connectivity index (χ1) is 12.1. The maximum absolute atomic E-state index is 13.5. The van der Waals surface area contributed by atoms with Crippen LogP contribution >= 0.6 is 24.0 Å². The first kappa shape index (κ1) is 19.9. The van der Waals surface area contributed by atoms with E-state index < -0.39 is 0 Å². The molecule has 26 heavy (non-hydrogen) atoms. The van der Waals surface area contributed by atoms with Crippen molar-refractivity contribution in [2.24, 2.45) is 4.99 Å². The molecular weight excluding hydrogens is 442 g/mol. The van der Waals surface area contributed by atoms with Gasteiger partial charge in [0.2, 0.25) is 0 Å². The van der Waals surface area contributed by atoms with Gasteiger partial charge < -0.3 is 10.6 Å². The van der Waals surface area contributed by atoms with E-state index in [1.54, 1.807) is 6.07 Å². The summed E-state index contributed by atoms with van der Waals surface area (Å²) < 4.78 is 13.5. The fourth-order valence-corrected chi connectivity index (χ4v) is 4.25. The molecular formula is C20H30FIN4. The molecule has 0 amide bonds. The summed E-state index contributed by atoms with van der Waals surface area (Å²) in [6, 6.07) is 8.98. The summed E-state index contributed by atoms with van der Waals surface area (Å²) >= 11 is 0. The highest BCUT2D eigenvalue weighted by atomic mass is 127. The number of guanidine groups is 1. The molecule has 1 aromatic rings. The van der Waals surface area contributed by atoms with Crippen molar-refractivity contribution in [2.75, 3.05) is 20.1 Å². The van der Waals surface area contributed by atoms with Crippen molar-refractivity contribution in [3.8, 4) is 0 Å². The van der Waals surface area contributed by atoms with Gasteiger partial charge in [0.05, 0.1) is 0 Å². The Morgan fingerprint density at radius 3 is 2.73 bits per heavy atom. The molecule has 1 heterocycles. The Labute approximate surface area is 173 Å². The van der Waals surface area contributed by atoms with Crippen LogP contribution in [0.2, 0.25) is 0 Å². The lowest BCUT2D eigenvalue weighted by Crippen LogP contribution is -2.46. The molecule has 2 unspecified atom stereocenters. The lowest BCUT2D eigenvalue weighted by molar-refractivity contribution is 0.256. The topological polar surface area (TPSA) is 39.7 Å². The van der Waals surface area contributed by atoms with Crippen LogP contribution in [0, 0.1) is 5.82 Å². The fraction of sp³-hybridized carbons (Fsp3) is 0.650. The molecule has 4 rings (SSSR count). The van der Waals surface area contributed by atoms with Gasteiger partial charge >= 0.3 is 0 Å². The number of hydrogen-bond acceptors (Lipinski definition) is 2. The number of rotatable bonds is 5. The van der Waals surface area contributed by atoms with Crippen molar-refractivity contribution in [1.82, 2.24) is 15.5 Å². The number of aliphatic imine (C=N–C) groups is 1. The van der Waals surface area contributed by atoms with E-state index >= 15 is 0 Å². The second-order valence-electron chi connectivity index (χ2n) is 8.07. The number of nitrogens with one attached hydrogen (secondary N) is 2. The van der Waals surface area contributed by atoms with Crippen LogP contribution < -0.4 is 10.6 Å². The van der Waals surface area contributed by atoms with E-state index in [2.05, 4.69) is 27.4 Å². The van der Waals surface area contributed by atoms with Crippen molar-refractivity contribution >= 4 is 29.9 Å². The van der Waals surface area contributed by atoms with Gasteiger partial charge in [-0.3, -0.25) is 9.89 Å². The molecule has 0 bridgehead atoms. The van der Waals surface area contributed by atoms with Gasteiger partial charge in [0.25, 0.3) is 0 Å². The molecule has 3 fully saturated rings. The van der Waals surface area contributed by atoms with E-state index in [0.29, 0.717) is 12.1 Å². The average Bonchev–Trinajstić information content (AvgIpc) is 3.51. The minimum absolute atomic E-state index is 0. The van der Waals surface area contributed by atoms with Gasteiger partial charge in [-0.2, -0.15) is 0 Å². The molecule has 1 aliphatic heterocycles. The number of halogens is 2. The van der Waals surface area contributed by atoms with E-state index in [1.807, 2.05) is 19.2 Å². The van der Waals surface area contributed by atoms with E-state index in [1.165, 1.54) is 25.3 Å². The molecule has 2 atom stereocenters. The minimum Gasteiger partial charge on any atom is -0.356 e. The molecule has 2 aliphatic carbocycles. The van der Waals surface area contributed by atoms with Crippen LogP contribution in [0.4, 0.5) is 4.39 Å². The summed E-state index contributed by atoms with van der Waals surface area (Å²) in [5.41, 5.74) is 1.17. The third-order valence-electron chi connectivity index (χ3n) is 6.09. The fourth-order valence-electron chi connectivity index (χ4n) is 4.25. The highest BCUT2D eigenvalue weighted by molar-refractivity contribution is 14.0. The van der Waals surface area contributed by atoms with Crippen LogP contribution in [0.5, 0.6) is 0 Å². The Hall–Kier alpha value is -0.890. The van der Waals surface area contributed by atoms with Crippen LogP contribution in [-0.4, -0.2) is 49.1 Å². The largest absolute Gasteiger partial charge is 0.356 e. The maximum atomic E-state index is 13.5. The Morgan fingerprint density at radius 1 is 1.35 bits per heavy atom. The van der Waals surface area contributed by atoms with Crippen molar-refractivity contribution < 1.29 is 4.39 Å². The Morgan fingerprint density at radius 2 is 2.12 bits per heavy atom. The van der Waals surface area contributed by atoms with Gasteiger partial charge in [-0.25, -0.2) is 4.39 Å². The summed E-state index contributed by atoms with van der Waals surface area (Å²) in [6.07, 6.45) is 6.11. The zero-order chi connectivity index (χ0) is 17.4. The standard InChI is InChI=1S/C20H29FN4.HI/c1-14-10-17(12-25(14)18-6-7-18)24-19(22-2)23-13-20(8-9-20)15-4-3-5-16(21)11-15;/h3-5,11,14,17-18H,6-10,12-13H2,1-2H3,(H2,22,23,24);1H. The van der Waals surface area contributed by atoms with Crippen molar-refractivity contribution in [2.45, 2.75) is 62.6 Å². The van der Waals surface area contributed by atoms with E-state index in [9.17, 15) is 4.39 Å². The number of likely N-dealkylation sites (tertiary alicyclic amines) is 1. The summed E-state index contributed by atoms with van der Waals surface area (Å²) in [7, 11) is 1.83. The highest BCUT2D eigenvalue weighted by Gasteiger charge is 2.44. The minimum atomic E-state index is -0.147. The molecule has 144 valence electrons. The number of hydrogen-bond donors (Lipinski definition) is 2. The van der Waals surface area contributed by atoms with Crippen molar-refractivity contribution in [1.29, 1.82) is 0 Å². The van der Waals surface area contributed by atoms with Crippen LogP contribution in [0.3, 0.4) is 0 Å². The zero-order valence-corrected chi connectivity index (χ0v) is 18.0. The SMILES string of the molecule is CN=C(NCC1(c2cccc(F)c2)CC1)NC1CC(C)N(C2CC2)C1.I. The van der Waals surface area contributed by atoms with Gasteiger partial charge in [-0.1, -0.05) is 12.1 Å². The molecule has 1 aromatic carbocycles. The molecule has 4 nitrogen and oxygen atoms in total. The smallest absolute Gasteiger partial charge is 0.191 e. The number of nitrogens with zero attached hydrogens (tertiary/aromatic N) is 2. The average molecular weight is 472 g/mol. The molecule has 0 radical (unpaired) electrons. The highest BCUT2D eigenvalue weighted by Crippen LogP contribution is 2.47. The lowest BCUT2D eigenvalue weighted by atomic mass is 9.96. The van der Waals surface area contributed by atoms with E-state index in [-0.39, 0.29) is 35.2 Å². The van der Waals surface area contributed by atoms with Crippen LogP contribution in [-0.2, 0) is 5.41 Å². The third kappa shape index (κ3) is 4.32. The Balaban J connectivity index is 0.00000196. The normalized spacial score (nSPS) is 27.7. The predicted molar refractivity (Wildman–Crippen MR) is 115 cm³/mol. The molecule has 0 aromatic heterocycles. The quantitative estimate of drug-likeness (QED) is 0.393. The monoisotopic (exact) mass is 472 g/mol. The lowest BCUT2D eigenvalue weighted by Gasteiger charge is -2.22. The predicted octanol–water partition coefficient (Wildman–Crippen LogP) is 3.27. The molecule has 6 heteroatoms. The summed E-state index contributed by atoms with van der Waals surface area (Å²) in [5, 5.41) is 7.08. The summed E-state index contributed by atoms with van der Waals surface area (Å²) in [6.45, 7) is 4.26. The zero-order valence-electron chi connectivity index (χ0n) is 15.7. The van der Waals surface area contributed by atoms with Crippen molar-refractivity contribution in [3.05, 3.63) is 35.6 Å². The summed E-state index contributed by atoms with van der Waals surface area (Å²) in [5.74, 6) is 0.726. The van der Waals surface area contributed by atoms with Gasteiger partial charge in [-0.15, -0.1) is 24.0 Å². The maximum Gasteiger partial charge on any atom is 0.191 e. The molecule has 2 N–H and O–H groups in total. The third-order valence-corrected chi connectivity index (χ3v) is 6.09. The van der Waals surface area contributed by atoms with Gasteiger partial charge in [0.15, 0.2) is 5.96 Å². The molecule has 0 spiro atoms. The second kappa shape index (κ2) is 8.00. The molecule has 1 saturated heterocycles. The van der Waals surface area contributed by atoms with Crippen LogP contribution in [0.15, 0.2) is 29.3 Å². The molecule has 3 aliphatic rings. The van der Waals surface area contributed by atoms with Gasteiger partial charge in [0, 0.05) is 43.7 Å². The van der Waals surface area contributed by atoms with Gasteiger partial charge in [0.1, 0.15) is 5.82 Å². The summed E-state index contributed by atoms with van der Waals surface area (Å²) in [4.78, 5) is 7.04. The van der Waals surface area contributed by atoms with E-state index in [0.717, 1.165) is 43.5 Å². The Kier molecular flexibility index (Phi) is 6.11. The second-order valence-corrected chi connectivity index (χ2v) is 8.07.